The molecule has 0 bridgehead atoms. The molecular weight excluding hydrogens is 586 g/mol. The standard InChI is InChI=1S/C28H25Cl2FN8OS/c29-21-12-19(16-1-3-18(4-2-16)37-8-5-32-6-9-37)23(30)24-20(21)14-39(36-24)26(27(40)35-28-33-7-10-41-28)25-22-11-17(31)13-38(22)15-34-25/h1-4,7,10,12,14-15,17,26,32H,5-6,8-9,11,13H2,(H,33,35,40)/t17-,26?/m1/s1. The number of thiazole rings is 1. The summed E-state index contributed by atoms with van der Waals surface area (Å²) < 4.78 is 17.5. The molecule has 5 aromatic rings. The molecule has 9 nitrogen and oxygen atoms in total. The molecule has 2 aliphatic heterocycles. The maximum absolute atomic E-state index is 14.3. The van der Waals surface area contributed by atoms with Gasteiger partial charge in [0.2, 0.25) is 0 Å². The van der Waals surface area contributed by atoms with E-state index in [2.05, 4.69) is 37.6 Å². The minimum Gasteiger partial charge on any atom is -0.369 e. The fourth-order valence-electron chi connectivity index (χ4n) is 5.59. The van der Waals surface area contributed by atoms with Crippen LogP contribution in [0.25, 0.3) is 22.0 Å². The number of nitrogens with zero attached hydrogens (tertiary/aromatic N) is 6. The number of rotatable bonds is 6. The van der Waals surface area contributed by atoms with Crippen LogP contribution in [0.4, 0.5) is 15.2 Å². The largest absolute Gasteiger partial charge is 0.369 e. The Morgan fingerprint density at radius 1 is 1.17 bits per heavy atom. The minimum atomic E-state index is -1.03. The smallest absolute Gasteiger partial charge is 0.257 e. The molecule has 0 radical (unpaired) electrons. The van der Waals surface area contributed by atoms with Crippen molar-refractivity contribution < 1.29 is 9.18 Å². The highest BCUT2D eigenvalue weighted by atomic mass is 35.5. The van der Waals surface area contributed by atoms with Gasteiger partial charge in [-0.3, -0.25) is 14.8 Å². The lowest BCUT2D eigenvalue weighted by Crippen LogP contribution is -2.43. The van der Waals surface area contributed by atoms with Gasteiger partial charge >= 0.3 is 0 Å². The lowest BCUT2D eigenvalue weighted by Gasteiger charge is -2.29. The highest BCUT2D eigenvalue weighted by Gasteiger charge is 2.34. The number of alkyl halides is 1. The van der Waals surface area contributed by atoms with Crippen molar-refractivity contribution in [2.45, 2.75) is 25.2 Å². The number of nitrogens with one attached hydrogen (secondary N) is 2. The second kappa shape index (κ2) is 10.7. The van der Waals surface area contributed by atoms with Gasteiger partial charge in [0.05, 0.1) is 28.6 Å². The quantitative estimate of drug-likeness (QED) is 0.275. The third kappa shape index (κ3) is 4.86. The van der Waals surface area contributed by atoms with Crippen LogP contribution in [0.3, 0.4) is 0 Å². The number of aromatic nitrogens is 5. The molecule has 5 heterocycles. The van der Waals surface area contributed by atoms with Gasteiger partial charge in [-0.25, -0.2) is 14.4 Å². The summed E-state index contributed by atoms with van der Waals surface area (Å²) in [6.07, 6.45) is 4.01. The van der Waals surface area contributed by atoms with Crippen molar-refractivity contribution in [2.75, 3.05) is 36.4 Å². The van der Waals surface area contributed by atoms with Crippen LogP contribution in [0.2, 0.25) is 10.0 Å². The summed E-state index contributed by atoms with van der Waals surface area (Å²) in [5, 5.41) is 14.7. The number of fused-ring (bicyclic) bond motifs is 2. The summed E-state index contributed by atoms with van der Waals surface area (Å²) in [4.78, 5) is 24.7. The summed E-state index contributed by atoms with van der Waals surface area (Å²) >= 11 is 15.0. The minimum absolute atomic E-state index is 0.173. The van der Waals surface area contributed by atoms with Crippen LogP contribution in [0.5, 0.6) is 0 Å². The molecule has 2 atom stereocenters. The number of halogens is 3. The Labute approximate surface area is 248 Å². The van der Waals surface area contributed by atoms with Gasteiger partial charge in [-0.2, -0.15) is 5.10 Å². The Morgan fingerprint density at radius 3 is 2.73 bits per heavy atom. The molecule has 1 saturated heterocycles. The molecule has 210 valence electrons. The molecule has 7 rings (SSSR count). The normalized spacial score (nSPS) is 17.6. The van der Waals surface area contributed by atoms with Gasteiger partial charge in [0, 0.05) is 72.7 Å². The average Bonchev–Trinajstić information content (AvgIpc) is 3.78. The monoisotopic (exact) mass is 610 g/mol. The predicted molar refractivity (Wildman–Crippen MR) is 160 cm³/mol. The molecular formula is C28H25Cl2FN8OS. The maximum Gasteiger partial charge on any atom is 0.257 e. The van der Waals surface area contributed by atoms with E-state index in [0.29, 0.717) is 37.5 Å². The number of piperazine rings is 1. The van der Waals surface area contributed by atoms with E-state index in [0.717, 1.165) is 43.0 Å². The molecule has 0 spiro atoms. The van der Waals surface area contributed by atoms with Gasteiger partial charge in [-0.05, 0) is 23.8 Å². The molecule has 41 heavy (non-hydrogen) atoms. The van der Waals surface area contributed by atoms with Crippen LogP contribution in [0, 0.1) is 0 Å². The van der Waals surface area contributed by atoms with E-state index in [1.807, 2.05) is 18.2 Å². The molecule has 3 aromatic heterocycles. The number of carbonyl (C=O) groups excluding carboxylic acids is 1. The van der Waals surface area contributed by atoms with Crippen molar-refractivity contribution in [3.63, 3.8) is 0 Å². The first-order chi connectivity index (χ1) is 20.0. The Morgan fingerprint density at radius 2 is 1.98 bits per heavy atom. The number of hydrogen-bond acceptors (Lipinski definition) is 7. The molecule has 1 fully saturated rings. The Hall–Kier alpha value is -3.51. The van der Waals surface area contributed by atoms with Gasteiger partial charge in [0.1, 0.15) is 11.7 Å². The van der Waals surface area contributed by atoms with Crippen molar-refractivity contribution in [3.05, 3.63) is 75.9 Å². The zero-order valence-electron chi connectivity index (χ0n) is 21.7. The zero-order valence-corrected chi connectivity index (χ0v) is 24.1. The molecule has 2 aliphatic rings. The summed E-state index contributed by atoms with van der Waals surface area (Å²) in [5.41, 5.74) is 4.37. The molecule has 1 unspecified atom stereocenters. The van der Waals surface area contributed by atoms with E-state index in [-0.39, 0.29) is 13.0 Å². The van der Waals surface area contributed by atoms with E-state index < -0.39 is 18.1 Å². The molecule has 2 aromatic carbocycles. The van der Waals surface area contributed by atoms with Crippen molar-refractivity contribution in [1.29, 1.82) is 0 Å². The lowest BCUT2D eigenvalue weighted by atomic mass is 10.0. The van der Waals surface area contributed by atoms with Gasteiger partial charge in [0.25, 0.3) is 5.91 Å². The Balaban J connectivity index is 1.28. The zero-order chi connectivity index (χ0) is 28.1. The lowest BCUT2D eigenvalue weighted by molar-refractivity contribution is -0.118. The number of carbonyl (C=O) groups is 1. The van der Waals surface area contributed by atoms with Crippen LogP contribution in [0.15, 0.2) is 54.4 Å². The fourth-order valence-corrected chi connectivity index (χ4v) is 6.67. The first kappa shape index (κ1) is 26.4. The first-order valence-electron chi connectivity index (χ1n) is 13.3. The Kier molecular flexibility index (Phi) is 6.90. The predicted octanol–water partition coefficient (Wildman–Crippen LogP) is 5.20. The van der Waals surface area contributed by atoms with E-state index in [1.165, 1.54) is 16.0 Å². The van der Waals surface area contributed by atoms with Crippen molar-refractivity contribution in [3.8, 4) is 11.1 Å². The van der Waals surface area contributed by atoms with Crippen LogP contribution >= 0.6 is 34.5 Å². The fraction of sp³-hybridized carbons (Fsp3) is 0.286. The third-order valence-electron chi connectivity index (χ3n) is 7.59. The SMILES string of the molecule is O=C(Nc1nccs1)C(c1ncn2c1C[C@@H](F)C2)n1cc2c(Cl)cc(-c3ccc(N4CCNCC4)cc3)c(Cl)c2n1. The number of benzene rings is 2. The molecule has 0 saturated carbocycles. The van der Waals surface area contributed by atoms with Crippen molar-refractivity contribution in [1.82, 2.24) is 29.6 Å². The number of hydrogen-bond donors (Lipinski definition) is 2. The van der Waals surface area contributed by atoms with Crippen LogP contribution < -0.4 is 15.5 Å². The summed E-state index contributed by atoms with van der Waals surface area (Å²) in [5.74, 6) is -0.396. The maximum atomic E-state index is 14.3. The van der Waals surface area contributed by atoms with Gasteiger partial charge in [-0.15, -0.1) is 11.3 Å². The van der Waals surface area contributed by atoms with Crippen LogP contribution in [-0.2, 0) is 17.8 Å². The van der Waals surface area contributed by atoms with Gasteiger partial charge in [-0.1, -0.05) is 35.3 Å². The second-order valence-electron chi connectivity index (χ2n) is 10.1. The summed E-state index contributed by atoms with van der Waals surface area (Å²) in [7, 11) is 0. The molecule has 2 N–H and O–H groups in total. The topological polar surface area (TPSA) is 92.9 Å². The van der Waals surface area contributed by atoms with Crippen LogP contribution in [-0.4, -0.2) is 62.6 Å². The molecule has 0 aliphatic carbocycles. The Bertz CT molecular complexity index is 1730. The van der Waals surface area contributed by atoms with E-state index in [9.17, 15) is 9.18 Å². The van der Waals surface area contributed by atoms with Crippen LogP contribution in [0.1, 0.15) is 17.4 Å². The first-order valence-corrected chi connectivity index (χ1v) is 14.9. The van der Waals surface area contributed by atoms with Crippen molar-refractivity contribution >= 4 is 62.2 Å². The third-order valence-corrected chi connectivity index (χ3v) is 8.97. The average molecular weight is 612 g/mol. The van der Waals surface area contributed by atoms with E-state index in [1.54, 1.807) is 28.7 Å². The highest BCUT2D eigenvalue weighted by Crippen LogP contribution is 2.40. The van der Waals surface area contributed by atoms with E-state index >= 15 is 0 Å². The second-order valence-corrected chi connectivity index (χ2v) is 11.8. The van der Waals surface area contributed by atoms with Crippen molar-refractivity contribution in [2.24, 2.45) is 0 Å². The number of imidazole rings is 1. The summed E-state index contributed by atoms with van der Waals surface area (Å²) in [6, 6.07) is 9.08. The number of anilines is 2. The van der Waals surface area contributed by atoms with Gasteiger partial charge < -0.3 is 14.8 Å². The van der Waals surface area contributed by atoms with E-state index in [4.69, 9.17) is 28.3 Å². The summed E-state index contributed by atoms with van der Waals surface area (Å²) in [6.45, 7) is 4.04. The molecule has 1 amide bonds. The number of amides is 1. The molecule has 13 heteroatoms. The highest BCUT2D eigenvalue weighted by molar-refractivity contribution is 7.13. The van der Waals surface area contributed by atoms with Gasteiger partial charge in [0.15, 0.2) is 11.2 Å².